The van der Waals surface area contributed by atoms with E-state index in [0.29, 0.717) is 12.5 Å². The third kappa shape index (κ3) is 4.87. The van der Waals surface area contributed by atoms with Crippen molar-refractivity contribution in [2.75, 3.05) is 58.9 Å². The summed E-state index contributed by atoms with van der Waals surface area (Å²) < 4.78 is 11.1. The van der Waals surface area contributed by atoms with Crippen LogP contribution in [0.5, 0.6) is 0 Å². The second-order valence-electron chi connectivity index (χ2n) is 8.40. The Hall–Kier alpha value is -1.77. The summed E-state index contributed by atoms with van der Waals surface area (Å²) in [5, 5.41) is 3.26. The Bertz CT molecular complexity index is 697. The second-order valence-corrected chi connectivity index (χ2v) is 8.40. The van der Waals surface area contributed by atoms with Gasteiger partial charge in [-0.1, -0.05) is 0 Å². The number of fused-ring (bicyclic) bond motifs is 1. The molecule has 160 valence electrons. The van der Waals surface area contributed by atoms with Crippen LogP contribution in [0.2, 0.25) is 0 Å². The number of likely N-dealkylation sites (N-methyl/N-ethyl adjacent to an activating group) is 1. The SMILES string of the molecule is CNc1nc(C2CCN(C(=O)COC[C@@H]3CCCO3)CC2)nc2c1CN(C)CC2. The van der Waals surface area contributed by atoms with Crippen molar-refractivity contribution in [3.8, 4) is 0 Å². The molecule has 1 aromatic heterocycles. The highest BCUT2D eigenvalue weighted by atomic mass is 16.5. The largest absolute Gasteiger partial charge is 0.376 e. The molecule has 1 N–H and O–H groups in total. The van der Waals surface area contributed by atoms with Crippen molar-refractivity contribution in [2.24, 2.45) is 0 Å². The summed E-state index contributed by atoms with van der Waals surface area (Å²) in [5.41, 5.74) is 2.40. The molecule has 1 atom stereocenters. The maximum Gasteiger partial charge on any atom is 0.248 e. The number of likely N-dealkylation sites (tertiary alicyclic amines) is 1. The molecule has 0 saturated carbocycles. The zero-order valence-corrected chi connectivity index (χ0v) is 17.7. The van der Waals surface area contributed by atoms with Crippen LogP contribution in [0.1, 0.15) is 48.7 Å². The Kier molecular flexibility index (Phi) is 6.62. The quantitative estimate of drug-likeness (QED) is 0.769. The van der Waals surface area contributed by atoms with E-state index in [-0.39, 0.29) is 18.6 Å². The van der Waals surface area contributed by atoms with E-state index >= 15 is 0 Å². The van der Waals surface area contributed by atoms with Gasteiger partial charge in [0.25, 0.3) is 0 Å². The number of nitrogens with zero attached hydrogens (tertiary/aromatic N) is 4. The Morgan fingerprint density at radius 3 is 2.79 bits per heavy atom. The van der Waals surface area contributed by atoms with Crippen LogP contribution in [0.3, 0.4) is 0 Å². The van der Waals surface area contributed by atoms with E-state index in [4.69, 9.17) is 19.4 Å². The number of anilines is 1. The van der Waals surface area contributed by atoms with Crippen LogP contribution in [-0.2, 0) is 27.2 Å². The van der Waals surface area contributed by atoms with Crippen molar-refractivity contribution >= 4 is 11.7 Å². The summed E-state index contributed by atoms with van der Waals surface area (Å²) in [7, 11) is 4.06. The van der Waals surface area contributed by atoms with Crippen molar-refractivity contribution < 1.29 is 14.3 Å². The number of hydrogen-bond acceptors (Lipinski definition) is 7. The number of nitrogens with one attached hydrogen (secondary N) is 1. The van der Waals surface area contributed by atoms with E-state index < -0.39 is 0 Å². The molecule has 4 heterocycles. The van der Waals surface area contributed by atoms with Gasteiger partial charge in [0.1, 0.15) is 18.2 Å². The molecule has 0 aliphatic carbocycles. The van der Waals surface area contributed by atoms with Crippen molar-refractivity contribution in [2.45, 2.75) is 50.7 Å². The van der Waals surface area contributed by atoms with Crippen LogP contribution < -0.4 is 5.32 Å². The topological polar surface area (TPSA) is 79.8 Å². The molecule has 0 spiro atoms. The lowest BCUT2D eigenvalue weighted by molar-refractivity contribution is -0.138. The third-order valence-electron chi connectivity index (χ3n) is 6.27. The molecular formula is C21H33N5O3. The lowest BCUT2D eigenvalue weighted by atomic mass is 9.95. The van der Waals surface area contributed by atoms with Crippen LogP contribution in [0.25, 0.3) is 0 Å². The minimum Gasteiger partial charge on any atom is -0.376 e. The lowest BCUT2D eigenvalue weighted by Gasteiger charge is -2.32. The van der Waals surface area contributed by atoms with E-state index in [1.165, 1.54) is 11.3 Å². The summed E-state index contributed by atoms with van der Waals surface area (Å²) >= 11 is 0. The van der Waals surface area contributed by atoms with Crippen LogP contribution in [0.15, 0.2) is 0 Å². The molecule has 1 aromatic rings. The number of aromatic nitrogens is 2. The van der Waals surface area contributed by atoms with E-state index in [1.54, 1.807) is 0 Å². The van der Waals surface area contributed by atoms with E-state index in [9.17, 15) is 4.79 Å². The monoisotopic (exact) mass is 403 g/mol. The summed E-state index contributed by atoms with van der Waals surface area (Å²) in [6, 6.07) is 0. The molecule has 2 saturated heterocycles. The van der Waals surface area contributed by atoms with Gasteiger partial charge in [0.05, 0.1) is 18.4 Å². The predicted octanol–water partition coefficient (Wildman–Crippen LogP) is 1.41. The molecule has 3 aliphatic rings. The second kappa shape index (κ2) is 9.36. The summed E-state index contributed by atoms with van der Waals surface area (Å²) in [6.45, 7) is 4.89. The first kappa shape index (κ1) is 20.5. The highest BCUT2D eigenvalue weighted by Gasteiger charge is 2.28. The Balaban J connectivity index is 1.30. The number of hydrogen-bond donors (Lipinski definition) is 1. The average molecular weight is 404 g/mol. The Morgan fingerprint density at radius 1 is 1.24 bits per heavy atom. The number of ether oxygens (including phenoxy) is 2. The summed E-state index contributed by atoms with van der Waals surface area (Å²) in [4.78, 5) is 26.4. The summed E-state index contributed by atoms with van der Waals surface area (Å²) in [6.07, 6.45) is 5.06. The summed E-state index contributed by atoms with van der Waals surface area (Å²) in [5.74, 6) is 2.27. The van der Waals surface area contributed by atoms with Gasteiger partial charge < -0.3 is 24.6 Å². The standard InChI is InChI=1S/C21H33N5O3/c1-22-21-17-12-25(2)8-7-18(17)23-20(24-21)15-5-9-26(10-6-15)19(27)14-28-13-16-4-3-11-29-16/h15-16H,3-14H2,1-2H3,(H,22,23,24)/t16-/m0/s1. The minimum atomic E-state index is 0.0757. The van der Waals surface area contributed by atoms with Crippen molar-refractivity contribution in [1.29, 1.82) is 0 Å². The molecule has 8 nitrogen and oxygen atoms in total. The third-order valence-corrected chi connectivity index (χ3v) is 6.27. The van der Waals surface area contributed by atoms with Crippen LogP contribution >= 0.6 is 0 Å². The van der Waals surface area contributed by atoms with Crippen LogP contribution in [-0.4, -0.2) is 85.3 Å². The smallest absolute Gasteiger partial charge is 0.248 e. The molecule has 3 aliphatic heterocycles. The number of piperidine rings is 1. The Morgan fingerprint density at radius 2 is 2.07 bits per heavy atom. The molecule has 0 bridgehead atoms. The zero-order valence-electron chi connectivity index (χ0n) is 17.7. The van der Waals surface area contributed by atoms with Crippen molar-refractivity contribution in [1.82, 2.24) is 19.8 Å². The van der Waals surface area contributed by atoms with Crippen molar-refractivity contribution in [3.05, 3.63) is 17.1 Å². The van der Waals surface area contributed by atoms with Crippen molar-refractivity contribution in [3.63, 3.8) is 0 Å². The molecule has 0 radical (unpaired) electrons. The minimum absolute atomic E-state index is 0.0757. The van der Waals surface area contributed by atoms with Gasteiger partial charge in [-0.3, -0.25) is 4.79 Å². The number of amides is 1. The lowest BCUT2D eigenvalue weighted by Crippen LogP contribution is -2.40. The number of carbonyl (C=O) groups is 1. The molecule has 1 amide bonds. The molecule has 2 fully saturated rings. The normalized spacial score (nSPS) is 23.2. The first-order valence-electron chi connectivity index (χ1n) is 10.9. The molecule has 29 heavy (non-hydrogen) atoms. The fraction of sp³-hybridized carbons (Fsp3) is 0.762. The van der Waals surface area contributed by atoms with Gasteiger partial charge in [-0.2, -0.15) is 0 Å². The average Bonchev–Trinajstić information content (AvgIpc) is 3.26. The first-order chi connectivity index (χ1) is 14.1. The van der Waals surface area contributed by atoms with Gasteiger partial charge in [0.15, 0.2) is 0 Å². The molecule has 0 aromatic carbocycles. The molecule has 0 unspecified atom stereocenters. The highest BCUT2D eigenvalue weighted by molar-refractivity contribution is 5.77. The van der Waals surface area contributed by atoms with Gasteiger partial charge in [-0.25, -0.2) is 9.97 Å². The molecule has 4 rings (SSSR count). The van der Waals surface area contributed by atoms with E-state index in [2.05, 4.69) is 17.3 Å². The maximum absolute atomic E-state index is 12.5. The maximum atomic E-state index is 12.5. The fourth-order valence-corrected chi connectivity index (χ4v) is 4.49. The number of rotatable bonds is 6. The van der Waals surface area contributed by atoms with Gasteiger partial charge >= 0.3 is 0 Å². The van der Waals surface area contributed by atoms with Crippen LogP contribution in [0.4, 0.5) is 5.82 Å². The fourth-order valence-electron chi connectivity index (χ4n) is 4.49. The highest BCUT2D eigenvalue weighted by Crippen LogP contribution is 2.30. The van der Waals surface area contributed by atoms with Gasteiger partial charge in [0.2, 0.25) is 5.91 Å². The first-order valence-corrected chi connectivity index (χ1v) is 10.9. The van der Waals surface area contributed by atoms with Gasteiger partial charge in [-0.15, -0.1) is 0 Å². The Labute approximate surface area is 173 Å². The van der Waals surface area contributed by atoms with E-state index in [0.717, 1.165) is 76.5 Å². The predicted molar refractivity (Wildman–Crippen MR) is 110 cm³/mol. The van der Waals surface area contributed by atoms with Gasteiger partial charge in [-0.05, 0) is 32.7 Å². The molecular weight excluding hydrogens is 370 g/mol. The van der Waals surface area contributed by atoms with Crippen LogP contribution in [0, 0.1) is 0 Å². The van der Waals surface area contributed by atoms with E-state index in [1.807, 2.05) is 11.9 Å². The zero-order chi connectivity index (χ0) is 20.2. The van der Waals surface area contributed by atoms with Gasteiger partial charge in [0, 0.05) is 57.7 Å². The number of carbonyl (C=O) groups excluding carboxylic acids is 1. The molecule has 8 heteroatoms.